The first-order chi connectivity index (χ1) is 7.70. The Morgan fingerprint density at radius 2 is 1.19 bits per heavy atom. The predicted octanol–water partition coefficient (Wildman–Crippen LogP) is 1.85. The number of amides is 2. The van der Waals surface area contributed by atoms with Gasteiger partial charge in [0.05, 0.1) is 0 Å². The van der Waals surface area contributed by atoms with Crippen LogP contribution in [0, 0.1) is 0 Å². The highest BCUT2D eigenvalue weighted by Gasteiger charge is 2.00. The summed E-state index contributed by atoms with van der Waals surface area (Å²) in [5, 5.41) is 5.04. The molecule has 0 aromatic carbocycles. The third kappa shape index (κ3) is 8.99. The van der Waals surface area contributed by atoms with Gasteiger partial charge in [0.15, 0.2) is 0 Å². The van der Waals surface area contributed by atoms with Crippen molar-refractivity contribution in [2.24, 2.45) is 0 Å². The molecule has 0 unspecified atom stereocenters. The summed E-state index contributed by atoms with van der Waals surface area (Å²) in [6, 6.07) is 0. The second-order valence-corrected chi connectivity index (χ2v) is 3.46. The molecule has 0 aliphatic carbocycles. The molecular weight excluding hydrogens is 204 g/mol. The quantitative estimate of drug-likeness (QED) is 0.587. The van der Waals surface area contributed by atoms with Crippen molar-refractivity contribution in [3.8, 4) is 0 Å². The summed E-state index contributed by atoms with van der Waals surface area (Å²) < 4.78 is 0. The van der Waals surface area contributed by atoms with Crippen molar-refractivity contribution >= 4 is 11.8 Å². The van der Waals surface area contributed by atoms with Crippen molar-refractivity contribution in [3.63, 3.8) is 0 Å². The molecule has 0 aliphatic rings. The number of hydrogen-bond donors (Lipinski definition) is 2. The van der Waals surface area contributed by atoms with Crippen LogP contribution >= 0.6 is 0 Å². The molecule has 0 radical (unpaired) electrons. The van der Waals surface area contributed by atoms with Crippen LogP contribution < -0.4 is 10.6 Å². The van der Waals surface area contributed by atoms with E-state index in [2.05, 4.69) is 23.8 Å². The van der Waals surface area contributed by atoms with Crippen LogP contribution in [0.5, 0.6) is 0 Å². The van der Waals surface area contributed by atoms with E-state index in [9.17, 15) is 9.59 Å². The molecule has 0 saturated carbocycles. The van der Waals surface area contributed by atoms with Crippen LogP contribution in [0.25, 0.3) is 0 Å². The molecule has 0 heterocycles. The average molecular weight is 224 g/mol. The molecule has 0 spiro atoms. The van der Waals surface area contributed by atoms with Crippen molar-refractivity contribution in [2.45, 2.75) is 38.5 Å². The van der Waals surface area contributed by atoms with E-state index in [0.29, 0.717) is 12.8 Å². The van der Waals surface area contributed by atoms with E-state index in [1.54, 1.807) is 0 Å². The first kappa shape index (κ1) is 14.4. The summed E-state index contributed by atoms with van der Waals surface area (Å²) in [4.78, 5) is 22.0. The fourth-order valence-electron chi connectivity index (χ4n) is 1.30. The number of rotatable bonds is 9. The molecule has 0 bridgehead atoms. The van der Waals surface area contributed by atoms with Gasteiger partial charge in [0.25, 0.3) is 0 Å². The summed E-state index contributed by atoms with van der Waals surface area (Å²) in [5.41, 5.74) is 0. The minimum atomic E-state index is -0.000555. The maximum absolute atomic E-state index is 11.0. The molecule has 0 aromatic heterocycles. The highest BCUT2D eigenvalue weighted by atomic mass is 16.2. The minimum absolute atomic E-state index is 0.000555. The fourth-order valence-corrected chi connectivity index (χ4v) is 1.30. The Kier molecular flexibility index (Phi) is 8.97. The highest BCUT2D eigenvalue weighted by molar-refractivity contribution is 5.77. The van der Waals surface area contributed by atoms with Crippen molar-refractivity contribution in [2.75, 3.05) is 0 Å². The fraction of sp³-hybridized carbons (Fsp3) is 0.500. The van der Waals surface area contributed by atoms with Gasteiger partial charge in [0, 0.05) is 12.8 Å². The van der Waals surface area contributed by atoms with Crippen molar-refractivity contribution in [1.82, 2.24) is 10.6 Å². The molecule has 0 atom stereocenters. The van der Waals surface area contributed by atoms with Gasteiger partial charge in [0.2, 0.25) is 11.8 Å². The SMILES string of the molecule is C=CNC(=O)CCCCCCC(=O)NC=C. The lowest BCUT2D eigenvalue weighted by atomic mass is 10.1. The zero-order valence-electron chi connectivity index (χ0n) is 9.63. The Balaban J connectivity index is 3.27. The lowest BCUT2D eigenvalue weighted by molar-refractivity contribution is -0.121. The van der Waals surface area contributed by atoms with Crippen molar-refractivity contribution in [3.05, 3.63) is 25.6 Å². The van der Waals surface area contributed by atoms with Crippen LogP contribution in [0.1, 0.15) is 38.5 Å². The van der Waals surface area contributed by atoms with Gasteiger partial charge in [-0.15, -0.1) is 0 Å². The van der Waals surface area contributed by atoms with Gasteiger partial charge in [-0.3, -0.25) is 9.59 Å². The van der Waals surface area contributed by atoms with Crippen molar-refractivity contribution < 1.29 is 9.59 Å². The van der Waals surface area contributed by atoms with Gasteiger partial charge >= 0.3 is 0 Å². The van der Waals surface area contributed by atoms with E-state index in [1.807, 2.05) is 0 Å². The molecule has 90 valence electrons. The molecule has 0 aromatic rings. The molecule has 0 saturated heterocycles. The second kappa shape index (κ2) is 9.96. The Morgan fingerprint density at radius 3 is 1.50 bits per heavy atom. The van der Waals surface area contributed by atoms with E-state index >= 15 is 0 Å². The Bertz CT molecular complexity index is 223. The average Bonchev–Trinajstić information content (AvgIpc) is 2.24. The lowest BCUT2D eigenvalue weighted by Crippen LogP contribution is -2.16. The number of nitrogens with one attached hydrogen (secondary N) is 2. The smallest absolute Gasteiger partial charge is 0.223 e. The standard InChI is InChI=1S/C12H20N2O2/c1-3-13-11(15)9-7-5-6-8-10-12(16)14-4-2/h3-4H,1-2,5-10H2,(H,13,15)(H,14,16). The number of carbonyl (C=O) groups excluding carboxylic acids is 2. The van der Waals surface area contributed by atoms with Gasteiger partial charge in [-0.25, -0.2) is 0 Å². The summed E-state index contributed by atoms with van der Waals surface area (Å²) in [5.74, 6) is -0.00111. The van der Waals surface area contributed by atoms with Crippen LogP contribution in [0.4, 0.5) is 0 Å². The highest BCUT2D eigenvalue weighted by Crippen LogP contribution is 2.05. The van der Waals surface area contributed by atoms with Crippen molar-refractivity contribution in [1.29, 1.82) is 0 Å². The predicted molar refractivity (Wildman–Crippen MR) is 64.4 cm³/mol. The van der Waals surface area contributed by atoms with Gasteiger partial charge in [-0.2, -0.15) is 0 Å². The molecular formula is C12H20N2O2. The van der Waals surface area contributed by atoms with E-state index in [-0.39, 0.29) is 11.8 Å². The van der Waals surface area contributed by atoms with Gasteiger partial charge in [-0.05, 0) is 25.2 Å². The van der Waals surface area contributed by atoms with Crippen LogP contribution in [-0.2, 0) is 9.59 Å². The first-order valence-electron chi connectivity index (χ1n) is 5.51. The number of hydrogen-bond acceptors (Lipinski definition) is 2. The van der Waals surface area contributed by atoms with E-state index < -0.39 is 0 Å². The maximum atomic E-state index is 11.0. The van der Waals surface area contributed by atoms with E-state index in [0.717, 1.165) is 25.7 Å². The largest absolute Gasteiger partial charge is 0.333 e. The third-order valence-corrected chi connectivity index (χ3v) is 2.08. The summed E-state index contributed by atoms with van der Waals surface area (Å²) in [6.45, 7) is 6.82. The zero-order valence-corrected chi connectivity index (χ0v) is 9.63. The van der Waals surface area contributed by atoms with Crippen LogP contribution in [-0.4, -0.2) is 11.8 Å². The Morgan fingerprint density at radius 1 is 0.812 bits per heavy atom. The van der Waals surface area contributed by atoms with E-state index in [4.69, 9.17) is 0 Å². The van der Waals surface area contributed by atoms with E-state index in [1.165, 1.54) is 12.4 Å². The molecule has 4 nitrogen and oxygen atoms in total. The summed E-state index contributed by atoms with van der Waals surface area (Å²) >= 11 is 0. The van der Waals surface area contributed by atoms with Gasteiger partial charge in [-0.1, -0.05) is 26.0 Å². The second-order valence-electron chi connectivity index (χ2n) is 3.46. The zero-order chi connectivity index (χ0) is 12.2. The summed E-state index contributed by atoms with van der Waals surface area (Å²) in [7, 11) is 0. The minimum Gasteiger partial charge on any atom is -0.333 e. The molecule has 0 aliphatic heterocycles. The third-order valence-electron chi connectivity index (χ3n) is 2.08. The van der Waals surface area contributed by atoms with Gasteiger partial charge < -0.3 is 10.6 Å². The normalized spacial score (nSPS) is 9.25. The van der Waals surface area contributed by atoms with Crippen LogP contribution in [0.15, 0.2) is 25.6 Å². The van der Waals surface area contributed by atoms with Crippen LogP contribution in [0.3, 0.4) is 0 Å². The maximum Gasteiger partial charge on any atom is 0.223 e. The molecule has 0 fully saturated rings. The monoisotopic (exact) mass is 224 g/mol. The number of carbonyl (C=O) groups is 2. The topological polar surface area (TPSA) is 58.2 Å². The molecule has 2 N–H and O–H groups in total. The first-order valence-corrected chi connectivity index (χ1v) is 5.51. The number of unbranched alkanes of at least 4 members (excludes halogenated alkanes) is 3. The molecule has 0 rings (SSSR count). The summed E-state index contributed by atoms with van der Waals surface area (Å²) in [6.07, 6.45) is 7.45. The molecule has 2 amide bonds. The van der Waals surface area contributed by atoms with Gasteiger partial charge in [0.1, 0.15) is 0 Å². The lowest BCUT2D eigenvalue weighted by Gasteiger charge is -2.01. The Labute approximate surface area is 96.8 Å². The van der Waals surface area contributed by atoms with Crippen LogP contribution in [0.2, 0.25) is 0 Å². The Hall–Kier alpha value is -1.58. The molecule has 4 heteroatoms. The molecule has 16 heavy (non-hydrogen) atoms.